The number of likely N-dealkylation sites (tertiary alicyclic amines) is 1. The van der Waals surface area contributed by atoms with E-state index in [1.807, 2.05) is 30.5 Å². The summed E-state index contributed by atoms with van der Waals surface area (Å²) >= 11 is 0. The van der Waals surface area contributed by atoms with Gasteiger partial charge in [0.1, 0.15) is 6.04 Å². The van der Waals surface area contributed by atoms with Crippen LogP contribution in [0.5, 0.6) is 0 Å². The molecule has 6 nitrogen and oxygen atoms in total. The Kier molecular flexibility index (Phi) is 4.50. The Labute approximate surface area is 134 Å². The minimum Gasteiger partial charge on any atom is -0.453 e. The minimum absolute atomic E-state index is 0.123. The summed E-state index contributed by atoms with van der Waals surface area (Å²) in [7, 11) is 1.35. The van der Waals surface area contributed by atoms with Gasteiger partial charge in [-0.1, -0.05) is 12.1 Å². The van der Waals surface area contributed by atoms with Gasteiger partial charge in [0.25, 0.3) is 0 Å². The van der Waals surface area contributed by atoms with Crippen LogP contribution in [-0.4, -0.2) is 41.6 Å². The van der Waals surface area contributed by atoms with Crippen LogP contribution in [-0.2, 0) is 16.1 Å². The number of nitrogens with one attached hydrogen (secondary N) is 2. The van der Waals surface area contributed by atoms with Gasteiger partial charge in [-0.15, -0.1) is 0 Å². The first-order chi connectivity index (χ1) is 11.2. The van der Waals surface area contributed by atoms with Crippen molar-refractivity contribution in [3.63, 3.8) is 0 Å². The van der Waals surface area contributed by atoms with E-state index >= 15 is 0 Å². The van der Waals surface area contributed by atoms with Crippen molar-refractivity contribution in [3.05, 3.63) is 36.0 Å². The quantitative estimate of drug-likeness (QED) is 0.913. The number of H-pyrrole nitrogens is 1. The number of piperidine rings is 1. The fourth-order valence-electron chi connectivity index (χ4n) is 3.14. The molecule has 0 bridgehead atoms. The van der Waals surface area contributed by atoms with Crippen LogP contribution in [0.4, 0.5) is 4.79 Å². The van der Waals surface area contributed by atoms with Gasteiger partial charge in [0.05, 0.1) is 7.11 Å². The van der Waals surface area contributed by atoms with Gasteiger partial charge in [0.2, 0.25) is 5.91 Å². The fraction of sp³-hybridized carbons (Fsp3) is 0.412. The number of amides is 2. The van der Waals surface area contributed by atoms with Crippen molar-refractivity contribution >= 4 is 22.9 Å². The monoisotopic (exact) mass is 315 g/mol. The minimum atomic E-state index is -0.443. The van der Waals surface area contributed by atoms with E-state index in [4.69, 9.17) is 4.74 Å². The van der Waals surface area contributed by atoms with Crippen LogP contribution in [0.3, 0.4) is 0 Å². The average Bonchev–Trinajstić information content (AvgIpc) is 3.08. The van der Waals surface area contributed by atoms with Crippen LogP contribution >= 0.6 is 0 Å². The number of fused-ring (bicyclic) bond motifs is 1. The topological polar surface area (TPSA) is 74.4 Å². The lowest BCUT2D eigenvalue weighted by Crippen LogP contribution is -2.51. The van der Waals surface area contributed by atoms with E-state index in [1.165, 1.54) is 12.0 Å². The summed E-state index contributed by atoms with van der Waals surface area (Å²) in [4.78, 5) is 29.0. The molecule has 2 N–H and O–H groups in total. The summed E-state index contributed by atoms with van der Waals surface area (Å²) in [6.07, 6.45) is 3.98. The number of methoxy groups -OCH3 is 1. The van der Waals surface area contributed by atoms with Gasteiger partial charge in [-0.05, 0) is 37.0 Å². The van der Waals surface area contributed by atoms with Crippen LogP contribution in [0.1, 0.15) is 24.8 Å². The zero-order valence-electron chi connectivity index (χ0n) is 13.2. The predicted molar refractivity (Wildman–Crippen MR) is 86.9 cm³/mol. The molecule has 0 aliphatic carbocycles. The number of hydrogen-bond donors (Lipinski definition) is 2. The van der Waals surface area contributed by atoms with Crippen molar-refractivity contribution < 1.29 is 14.3 Å². The Bertz CT molecular complexity index is 710. The van der Waals surface area contributed by atoms with E-state index in [1.54, 1.807) is 0 Å². The van der Waals surface area contributed by atoms with Gasteiger partial charge < -0.3 is 15.0 Å². The molecule has 1 saturated heterocycles. The second-order valence-electron chi connectivity index (χ2n) is 5.75. The molecule has 2 heterocycles. The molecule has 1 aliphatic rings. The SMILES string of the molecule is COC(=O)N1CCCC[C@@H]1C(=O)NCc1cccc2[nH]ccc12. The molecule has 1 fully saturated rings. The fourth-order valence-corrected chi connectivity index (χ4v) is 3.14. The lowest BCUT2D eigenvalue weighted by atomic mass is 10.0. The lowest BCUT2D eigenvalue weighted by Gasteiger charge is -2.33. The van der Waals surface area contributed by atoms with E-state index in [-0.39, 0.29) is 5.91 Å². The van der Waals surface area contributed by atoms with E-state index in [9.17, 15) is 9.59 Å². The Morgan fingerprint density at radius 1 is 1.35 bits per heavy atom. The number of aromatic amines is 1. The van der Waals surface area contributed by atoms with Crippen molar-refractivity contribution in [3.8, 4) is 0 Å². The van der Waals surface area contributed by atoms with Crippen molar-refractivity contribution in [2.45, 2.75) is 31.8 Å². The largest absolute Gasteiger partial charge is 0.453 e. The number of aromatic nitrogens is 1. The molecular formula is C17H21N3O3. The van der Waals surface area contributed by atoms with Crippen molar-refractivity contribution in [1.82, 2.24) is 15.2 Å². The Hall–Kier alpha value is -2.50. The second kappa shape index (κ2) is 6.73. The van der Waals surface area contributed by atoms with Crippen molar-refractivity contribution in [2.24, 2.45) is 0 Å². The van der Waals surface area contributed by atoms with E-state index < -0.39 is 12.1 Å². The molecule has 0 radical (unpaired) electrons. The summed E-state index contributed by atoms with van der Waals surface area (Å²) in [5, 5.41) is 4.06. The smallest absolute Gasteiger partial charge is 0.410 e. The highest BCUT2D eigenvalue weighted by atomic mass is 16.5. The van der Waals surface area contributed by atoms with Gasteiger partial charge in [-0.2, -0.15) is 0 Å². The second-order valence-corrected chi connectivity index (χ2v) is 5.75. The zero-order chi connectivity index (χ0) is 16.2. The maximum Gasteiger partial charge on any atom is 0.410 e. The Balaban J connectivity index is 1.68. The normalized spacial score (nSPS) is 18.0. The molecule has 2 amide bonds. The number of benzene rings is 1. The lowest BCUT2D eigenvalue weighted by molar-refractivity contribution is -0.127. The summed E-state index contributed by atoms with van der Waals surface area (Å²) in [6, 6.07) is 7.51. The molecule has 0 saturated carbocycles. The Morgan fingerprint density at radius 3 is 3.04 bits per heavy atom. The van der Waals surface area contributed by atoms with Gasteiger partial charge >= 0.3 is 6.09 Å². The molecule has 0 unspecified atom stereocenters. The molecule has 6 heteroatoms. The molecule has 122 valence electrons. The number of carbonyl (C=O) groups excluding carboxylic acids is 2. The number of rotatable bonds is 3. The maximum atomic E-state index is 12.5. The van der Waals surface area contributed by atoms with E-state index in [2.05, 4.69) is 10.3 Å². The van der Waals surface area contributed by atoms with E-state index in [0.29, 0.717) is 19.5 Å². The summed E-state index contributed by atoms with van der Waals surface area (Å²) < 4.78 is 4.78. The molecular weight excluding hydrogens is 294 g/mol. The highest BCUT2D eigenvalue weighted by Crippen LogP contribution is 2.20. The molecule has 2 aromatic rings. The van der Waals surface area contributed by atoms with Crippen LogP contribution < -0.4 is 5.32 Å². The first-order valence-corrected chi connectivity index (χ1v) is 7.88. The van der Waals surface area contributed by atoms with Gasteiger partial charge in [0.15, 0.2) is 0 Å². The average molecular weight is 315 g/mol. The first kappa shape index (κ1) is 15.4. The zero-order valence-corrected chi connectivity index (χ0v) is 13.2. The van der Waals surface area contributed by atoms with Crippen molar-refractivity contribution in [2.75, 3.05) is 13.7 Å². The first-order valence-electron chi connectivity index (χ1n) is 7.88. The molecule has 0 spiro atoms. The predicted octanol–water partition coefficient (Wildman–Crippen LogP) is 2.41. The van der Waals surface area contributed by atoms with Crippen LogP contribution in [0.2, 0.25) is 0 Å². The van der Waals surface area contributed by atoms with Gasteiger partial charge in [0, 0.05) is 30.2 Å². The molecule has 23 heavy (non-hydrogen) atoms. The molecule has 1 aromatic carbocycles. The van der Waals surface area contributed by atoms with Crippen LogP contribution in [0, 0.1) is 0 Å². The summed E-state index contributed by atoms with van der Waals surface area (Å²) in [5.74, 6) is -0.123. The van der Waals surface area contributed by atoms with Crippen LogP contribution in [0.15, 0.2) is 30.5 Å². The van der Waals surface area contributed by atoms with Crippen LogP contribution in [0.25, 0.3) is 10.9 Å². The van der Waals surface area contributed by atoms with E-state index in [0.717, 1.165) is 29.3 Å². The standard InChI is InChI=1S/C17H21N3O3/c1-23-17(22)20-10-3-2-7-15(20)16(21)19-11-12-5-4-6-14-13(12)8-9-18-14/h4-6,8-9,15,18H,2-3,7,10-11H2,1H3,(H,19,21)/t15-/m1/s1. The summed E-state index contributed by atoms with van der Waals surface area (Å²) in [6.45, 7) is 1.01. The highest BCUT2D eigenvalue weighted by Gasteiger charge is 2.32. The summed E-state index contributed by atoms with van der Waals surface area (Å²) in [5.41, 5.74) is 2.10. The highest BCUT2D eigenvalue weighted by molar-refractivity contribution is 5.87. The molecule has 3 rings (SSSR count). The Morgan fingerprint density at radius 2 is 2.22 bits per heavy atom. The number of hydrogen-bond acceptors (Lipinski definition) is 3. The third-order valence-electron chi connectivity index (χ3n) is 4.35. The third-order valence-corrected chi connectivity index (χ3v) is 4.35. The van der Waals surface area contributed by atoms with Crippen molar-refractivity contribution in [1.29, 1.82) is 0 Å². The number of nitrogens with zero attached hydrogens (tertiary/aromatic N) is 1. The molecule has 1 atom stereocenters. The third kappa shape index (κ3) is 3.16. The molecule has 1 aliphatic heterocycles. The number of ether oxygens (including phenoxy) is 1. The molecule has 1 aromatic heterocycles. The van der Waals surface area contributed by atoms with Gasteiger partial charge in [-0.25, -0.2) is 4.79 Å². The van der Waals surface area contributed by atoms with Gasteiger partial charge in [-0.3, -0.25) is 9.69 Å². The maximum absolute atomic E-state index is 12.5. The number of carbonyl (C=O) groups is 2.